The topological polar surface area (TPSA) is 18.5 Å². The van der Waals surface area contributed by atoms with Gasteiger partial charge in [-0.05, 0) is 18.6 Å². The van der Waals surface area contributed by atoms with Gasteiger partial charge in [0.1, 0.15) is 0 Å². The predicted molar refractivity (Wildman–Crippen MR) is 60.6 cm³/mol. The van der Waals surface area contributed by atoms with Gasteiger partial charge in [-0.25, -0.2) is 0 Å². The first-order valence-corrected chi connectivity index (χ1v) is 4.95. The molecule has 80 valence electrons. The van der Waals surface area contributed by atoms with E-state index in [0.29, 0.717) is 16.5 Å². The molecule has 1 aromatic carbocycles. The average molecular weight is 217 g/mol. The summed E-state index contributed by atoms with van der Waals surface area (Å²) in [5.74, 6) is 1.26. The fraction of sp³-hybridized carbons (Fsp3) is 0.455. The van der Waals surface area contributed by atoms with Crippen molar-refractivity contribution in [2.45, 2.75) is 20.8 Å². The smallest absolute Gasteiger partial charge is 0.179 e. The molecule has 0 aliphatic rings. The second-order valence-electron chi connectivity index (χ2n) is 2.43. The molecular weight excluding hydrogens is 200 g/mol. The molecule has 3 heteroatoms. The van der Waals surface area contributed by atoms with Crippen molar-refractivity contribution in [2.75, 3.05) is 14.2 Å². The summed E-state index contributed by atoms with van der Waals surface area (Å²) in [7, 11) is 3.16. The van der Waals surface area contributed by atoms with Gasteiger partial charge in [-0.15, -0.1) is 0 Å². The highest BCUT2D eigenvalue weighted by atomic mass is 35.5. The average Bonchev–Trinajstić information content (AvgIpc) is 2.24. The number of rotatable bonds is 2. The van der Waals surface area contributed by atoms with E-state index in [0.717, 1.165) is 5.56 Å². The maximum atomic E-state index is 5.97. The molecule has 2 nitrogen and oxygen atoms in total. The number of halogens is 1. The van der Waals surface area contributed by atoms with Crippen LogP contribution in [-0.2, 0) is 0 Å². The van der Waals surface area contributed by atoms with Crippen LogP contribution in [-0.4, -0.2) is 14.2 Å². The van der Waals surface area contributed by atoms with Crippen LogP contribution in [0.5, 0.6) is 11.5 Å². The third kappa shape index (κ3) is 2.81. The van der Waals surface area contributed by atoms with Crippen molar-refractivity contribution < 1.29 is 9.47 Å². The molecular formula is C11H17ClO2. The lowest BCUT2D eigenvalue weighted by Gasteiger charge is -2.10. The maximum absolute atomic E-state index is 5.97. The van der Waals surface area contributed by atoms with Crippen LogP contribution < -0.4 is 9.47 Å². The van der Waals surface area contributed by atoms with E-state index >= 15 is 0 Å². The second-order valence-corrected chi connectivity index (χ2v) is 2.81. The SMILES string of the molecule is CC.COc1ccc(C)c(Cl)c1OC. The molecule has 0 radical (unpaired) electrons. The van der Waals surface area contributed by atoms with Crippen LogP contribution in [0, 0.1) is 6.92 Å². The van der Waals surface area contributed by atoms with Gasteiger partial charge in [-0.2, -0.15) is 0 Å². The van der Waals surface area contributed by atoms with Crippen molar-refractivity contribution in [3.63, 3.8) is 0 Å². The Morgan fingerprint density at radius 1 is 1.07 bits per heavy atom. The molecule has 1 aromatic rings. The van der Waals surface area contributed by atoms with Crippen LogP contribution in [0.15, 0.2) is 12.1 Å². The lowest BCUT2D eigenvalue weighted by atomic mass is 10.2. The lowest BCUT2D eigenvalue weighted by Crippen LogP contribution is -1.92. The maximum Gasteiger partial charge on any atom is 0.179 e. The highest BCUT2D eigenvalue weighted by molar-refractivity contribution is 6.33. The fourth-order valence-corrected chi connectivity index (χ4v) is 1.22. The van der Waals surface area contributed by atoms with Crippen molar-refractivity contribution in [1.29, 1.82) is 0 Å². The molecule has 0 aliphatic heterocycles. The highest BCUT2D eigenvalue weighted by Crippen LogP contribution is 2.36. The van der Waals surface area contributed by atoms with E-state index in [4.69, 9.17) is 21.1 Å². The van der Waals surface area contributed by atoms with Gasteiger partial charge >= 0.3 is 0 Å². The first-order valence-electron chi connectivity index (χ1n) is 4.57. The third-order valence-electron chi connectivity index (χ3n) is 1.68. The summed E-state index contributed by atoms with van der Waals surface area (Å²) in [6.07, 6.45) is 0. The number of hydrogen-bond acceptors (Lipinski definition) is 2. The van der Waals surface area contributed by atoms with Gasteiger partial charge in [0.05, 0.1) is 19.2 Å². The Morgan fingerprint density at radius 2 is 1.64 bits per heavy atom. The van der Waals surface area contributed by atoms with E-state index in [1.54, 1.807) is 14.2 Å². The summed E-state index contributed by atoms with van der Waals surface area (Å²) in [5, 5.41) is 0.608. The first kappa shape index (κ1) is 13.1. The molecule has 0 bridgehead atoms. The molecule has 14 heavy (non-hydrogen) atoms. The minimum Gasteiger partial charge on any atom is -0.493 e. The molecule has 0 N–H and O–H groups in total. The van der Waals surface area contributed by atoms with Crippen molar-refractivity contribution >= 4 is 11.6 Å². The largest absolute Gasteiger partial charge is 0.493 e. The Hall–Kier alpha value is -0.890. The standard InChI is InChI=1S/C9H11ClO2.C2H6/c1-6-4-5-7(11-2)9(12-3)8(6)10;1-2/h4-5H,1-3H3;1-2H3. The Kier molecular flexibility index (Phi) is 6.13. The first-order chi connectivity index (χ1) is 6.70. The summed E-state index contributed by atoms with van der Waals surface area (Å²) in [4.78, 5) is 0. The predicted octanol–water partition coefficient (Wildman–Crippen LogP) is 3.69. The van der Waals surface area contributed by atoms with Gasteiger partial charge in [-0.1, -0.05) is 31.5 Å². The van der Waals surface area contributed by atoms with Crippen LogP contribution in [0.4, 0.5) is 0 Å². The Labute approximate surface area is 90.8 Å². The Balaban J connectivity index is 0.000000791. The third-order valence-corrected chi connectivity index (χ3v) is 2.15. The lowest BCUT2D eigenvalue weighted by molar-refractivity contribution is 0.355. The van der Waals surface area contributed by atoms with Crippen LogP contribution in [0.25, 0.3) is 0 Å². The van der Waals surface area contributed by atoms with Gasteiger partial charge in [0.15, 0.2) is 11.5 Å². The van der Waals surface area contributed by atoms with Crippen molar-refractivity contribution in [2.24, 2.45) is 0 Å². The van der Waals surface area contributed by atoms with Gasteiger partial charge in [0.25, 0.3) is 0 Å². The zero-order valence-corrected chi connectivity index (χ0v) is 10.1. The van der Waals surface area contributed by atoms with E-state index in [9.17, 15) is 0 Å². The summed E-state index contributed by atoms with van der Waals surface area (Å²) < 4.78 is 10.2. The normalized spacial score (nSPS) is 8.71. The van der Waals surface area contributed by atoms with Crippen molar-refractivity contribution in [1.82, 2.24) is 0 Å². The molecule has 0 fully saturated rings. The van der Waals surface area contributed by atoms with Gasteiger partial charge in [0.2, 0.25) is 0 Å². The molecule has 0 unspecified atom stereocenters. The van der Waals surface area contributed by atoms with Gasteiger partial charge in [-0.3, -0.25) is 0 Å². The van der Waals surface area contributed by atoms with Crippen LogP contribution in [0.2, 0.25) is 5.02 Å². The molecule has 0 heterocycles. The molecule has 0 spiro atoms. The Morgan fingerprint density at radius 3 is 2.07 bits per heavy atom. The minimum absolute atomic E-state index is 0.596. The number of aryl methyl sites for hydroxylation is 1. The van der Waals surface area contributed by atoms with Gasteiger partial charge in [0, 0.05) is 0 Å². The van der Waals surface area contributed by atoms with E-state index in [1.807, 2.05) is 32.9 Å². The summed E-state index contributed by atoms with van der Waals surface area (Å²) >= 11 is 5.97. The number of ether oxygens (including phenoxy) is 2. The quantitative estimate of drug-likeness (QED) is 0.751. The van der Waals surface area contributed by atoms with Crippen LogP contribution in [0.1, 0.15) is 19.4 Å². The van der Waals surface area contributed by atoms with E-state index in [1.165, 1.54) is 0 Å². The molecule has 0 aromatic heterocycles. The minimum atomic E-state index is 0.596. The monoisotopic (exact) mass is 216 g/mol. The van der Waals surface area contributed by atoms with Gasteiger partial charge < -0.3 is 9.47 Å². The summed E-state index contributed by atoms with van der Waals surface area (Å²) in [5.41, 5.74) is 0.981. The molecule has 0 saturated heterocycles. The highest BCUT2D eigenvalue weighted by Gasteiger charge is 2.09. The van der Waals surface area contributed by atoms with Crippen molar-refractivity contribution in [3.8, 4) is 11.5 Å². The summed E-state index contributed by atoms with van der Waals surface area (Å²) in [6.45, 7) is 5.92. The molecule has 1 rings (SSSR count). The number of hydrogen-bond donors (Lipinski definition) is 0. The molecule has 0 amide bonds. The van der Waals surface area contributed by atoms with E-state index < -0.39 is 0 Å². The van der Waals surface area contributed by atoms with E-state index in [2.05, 4.69) is 0 Å². The molecule has 0 aliphatic carbocycles. The number of methoxy groups -OCH3 is 2. The summed E-state index contributed by atoms with van der Waals surface area (Å²) in [6, 6.07) is 3.73. The van der Waals surface area contributed by atoms with Crippen LogP contribution in [0.3, 0.4) is 0 Å². The zero-order valence-electron chi connectivity index (χ0n) is 9.35. The number of benzene rings is 1. The zero-order chi connectivity index (χ0) is 11.1. The molecule has 0 saturated carbocycles. The fourth-order valence-electron chi connectivity index (χ4n) is 0.988. The van der Waals surface area contributed by atoms with E-state index in [-0.39, 0.29) is 0 Å². The second kappa shape index (κ2) is 6.55. The molecule has 0 atom stereocenters. The van der Waals surface area contributed by atoms with Crippen molar-refractivity contribution in [3.05, 3.63) is 22.7 Å². The van der Waals surface area contributed by atoms with Crippen LogP contribution >= 0.6 is 11.6 Å². The Bertz CT molecular complexity index is 285.